The van der Waals surface area contributed by atoms with Crippen molar-refractivity contribution in [2.75, 3.05) is 16.8 Å². The van der Waals surface area contributed by atoms with Gasteiger partial charge in [-0.05, 0) is 48.5 Å². The van der Waals surface area contributed by atoms with Crippen LogP contribution in [-0.2, 0) is 11.3 Å². The topological polar surface area (TPSA) is 36.4 Å². The Labute approximate surface area is 173 Å². The first-order valence-corrected chi connectivity index (χ1v) is 10.0. The number of hydrogen-bond donors (Lipinski definition) is 0. The summed E-state index contributed by atoms with van der Waals surface area (Å²) in [5.74, 6) is -0.725. The Morgan fingerprint density at radius 2 is 1.48 bits per heavy atom. The number of carbonyl (C=O) groups is 1. The summed E-state index contributed by atoms with van der Waals surface area (Å²) in [7, 11) is 1.86. The lowest BCUT2D eigenvalue weighted by molar-refractivity contribution is -0.125. The summed E-state index contributed by atoms with van der Waals surface area (Å²) < 4.78 is 26.5. The molecule has 1 heterocycles. The summed E-state index contributed by atoms with van der Waals surface area (Å²) in [6.07, 6.45) is 0. The van der Waals surface area contributed by atoms with Gasteiger partial charge >= 0.3 is 0 Å². The zero-order chi connectivity index (χ0) is 21.2. The quantitative estimate of drug-likeness (QED) is 0.531. The van der Waals surface area contributed by atoms with E-state index in [1.165, 1.54) is 35.6 Å². The average molecular weight is 416 g/mol. The number of halogens is 2. The molecule has 4 nitrogen and oxygen atoms in total. The van der Waals surface area contributed by atoms with Crippen LogP contribution < -0.4 is 9.80 Å². The van der Waals surface area contributed by atoms with Crippen LogP contribution in [0.4, 0.5) is 25.3 Å². The van der Waals surface area contributed by atoms with Crippen molar-refractivity contribution in [2.45, 2.75) is 27.3 Å². The molecule has 0 atom stereocenters. The first-order valence-electron chi connectivity index (χ1n) is 9.16. The molecule has 1 aromatic heterocycles. The van der Waals surface area contributed by atoms with Crippen LogP contribution in [0.1, 0.15) is 26.5 Å². The van der Waals surface area contributed by atoms with Crippen molar-refractivity contribution in [3.63, 3.8) is 0 Å². The van der Waals surface area contributed by atoms with E-state index in [2.05, 4.69) is 4.98 Å². The molecule has 0 spiro atoms. The summed E-state index contributed by atoms with van der Waals surface area (Å²) in [6.45, 7) is 5.82. The number of hydrogen-bond acceptors (Lipinski definition) is 4. The molecule has 0 aliphatic carbocycles. The van der Waals surface area contributed by atoms with Crippen molar-refractivity contribution in [2.24, 2.45) is 5.41 Å². The molecule has 152 valence electrons. The Balaban J connectivity index is 1.85. The van der Waals surface area contributed by atoms with Crippen molar-refractivity contribution in [3.05, 3.63) is 71.2 Å². The van der Waals surface area contributed by atoms with Crippen molar-refractivity contribution < 1.29 is 13.6 Å². The van der Waals surface area contributed by atoms with E-state index in [4.69, 9.17) is 0 Å². The third-order valence-electron chi connectivity index (χ3n) is 4.39. The number of benzene rings is 2. The van der Waals surface area contributed by atoms with Crippen LogP contribution in [0, 0.1) is 17.0 Å². The second kappa shape index (κ2) is 8.29. The normalized spacial score (nSPS) is 11.4. The summed E-state index contributed by atoms with van der Waals surface area (Å²) in [5, 5.41) is 2.62. The van der Waals surface area contributed by atoms with E-state index in [1.54, 1.807) is 29.2 Å². The van der Waals surface area contributed by atoms with Gasteiger partial charge in [-0.15, -0.1) is 11.3 Å². The molecule has 0 fully saturated rings. The van der Waals surface area contributed by atoms with Gasteiger partial charge in [-0.25, -0.2) is 13.8 Å². The number of anilines is 3. The molecule has 0 aliphatic rings. The zero-order valence-electron chi connectivity index (χ0n) is 16.8. The van der Waals surface area contributed by atoms with Gasteiger partial charge in [0.05, 0.1) is 12.2 Å². The fourth-order valence-corrected chi connectivity index (χ4v) is 3.57. The summed E-state index contributed by atoms with van der Waals surface area (Å²) in [4.78, 5) is 21.1. The number of nitrogens with zero attached hydrogens (tertiary/aromatic N) is 3. The molecule has 0 saturated heterocycles. The van der Waals surface area contributed by atoms with Gasteiger partial charge in [-0.2, -0.15) is 0 Å². The van der Waals surface area contributed by atoms with Gasteiger partial charge in [-0.1, -0.05) is 20.8 Å². The van der Waals surface area contributed by atoms with Gasteiger partial charge in [0.25, 0.3) is 0 Å². The monoisotopic (exact) mass is 415 g/mol. The van der Waals surface area contributed by atoms with Crippen LogP contribution in [0.15, 0.2) is 53.9 Å². The number of thiazole rings is 1. The van der Waals surface area contributed by atoms with Crippen LogP contribution >= 0.6 is 11.3 Å². The minimum atomic E-state index is -0.599. The molecule has 0 aliphatic heterocycles. The maximum Gasteiger partial charge on any atom is 0.232 e. The molecule has 3 rings (SSSR count). The maximum absolute atomic E-state index is 13.3. The summed E-state index contributed by atoms with van der Waals surface area (Å²) in [6, 6.07) is 12.0. The standard InChI is InChI=1S/C22H23F2N3OS/c1-22(2,3)20(28)27(19-11-7-16(24)8-12-19)13-17-14-29-21(25-17)26(4)18-9-5-15(23)6-10-18/h5-12,14H,13H2,1-4H3. The Kier molecular flexibility index (Phi) is 5.98. The van der Waals surface area contributed by atoms with Crippen LogP contribution in [0.25, 0.3) is 0 Å². The lowest BCUT2D eigenvalue weighted by Gasteiger charge is -2.29. The van der Waals surface area contributed by atoms with E-state index in [0.29, 0.717) is 5.69 Å². The van der Waals surface area contributed by atoms with Crippen LogP contribution in [0.2, 0.25) is 0 Å². The molecule has 0 unspecified atom stereocenters. The number of amides is 1. The largest absolute Gasteiger partial charge is 0.321 e. The number of aromatic nitrogens is 1. The highest BCUT2D eigenvalue weighted by Gasteiger charge is 2.29. The lowest BCUT2D eigenvalue weighted by Crippen LogP contribution is -2.39. The van der Waals surface area contributed by atoms with Crippen molar-refractivity contribution in [1.82, 2.24) is 4.98 Å². The van der Waals surface area contributed by atoms with Gasteiger partial charge in [0, 0.05) is 29.2 Å². The van der Waals surface area contributed by atoms with Crippen LogP contribution in [-0.4, -0.2) is 17.9 Å². The van der Waals surface area contributed by atoms with E-state index in [1.807, 2.05) is 38.1 Å². The van der Waals surface area contributed by atoms with Gasteiger partial charge in [0.1, 0.15) is 11.6 Å². The molecule has 3 aromatic rings. The third kappa shape index (κ3) is 4.98. The molecule has 0 saturated carbocycles. The molecular weight excluding hydrogens is 392 g/mol. The highest BCUT2D eigenvalue weighted by molar-refractivity contribution is 7.13. The maximum atomic E-state index is 13.3. The fourth-order valence-electron chi connectivity index (χ4n) is 2.77. The molecular formula is C22H23F2N3OS. The van der Waals surface area contributed by atoms with E-state index in [0.717, 1.165) is 16.5 Å². The predicted octanol–water partition coefficient (Wildman–Crippen LogP) is 5.77. The number of carbonyl (C=O) groups excluding carboxylic acids is 1. The molecule has 0 radical (unpaired) electrons. The van der Waals surface area contributed by atoms with E-state index >= 15 is 0 Å². The van der Waals surface area contributed by atoms with Gasteiger partial charge in [0.2, 0.25) is 5.91 Å². The van der Waals surface area contributed by atoms with E-state index < -0.39 is 5.41 Å². The molecule has 7 heteroatoms. The van der Waals surface area contributed by atoms with Gasteiger partial charge in [0.15, 0.2) is 5.13 Å². The second-order valence-corrected chi connectivity index (χ2v) is 8.61. The highest BCUT2D eigenvalue weighted by atomic mass is 32.1. The fraction of sp³-hybridized carbons (Fsp3) is 0.273. The van der Waals surface area contributed by atoms with Crippen molar-refractivity contribution in [3.8, 4) is 0 Å². The van der Waals surface area contributed by atoms with Gasteiger partial charge < -0.3 is 9.80 Å². The Morgan fingerprint density at radius 1 is 0.966 bits per heavy atom. The highest BCUT2D eigenvalue weighted by Crippen LogP contribution is 2.30. The van der Waals surface area contributed by atoms with E-state index in [9.17, 15) is 13.6 Å². The van der Waals surface area contributed by atoms with Crippen molar-refractivity contribution in [1.29, 1.82) is 0 Å². The molecule has 2 aromatic carbocycles. The Morgan fingerprint density at radius 3 is 2.00 bits per heavy atom. The second-order valence-electron chi connectivity index (χ2n) is 7.77. The summed E-state index contributed by atoms with van der Waals surface area (Å²) in [5.41, 5.74) is 1.56. The Hall–Kier alpha value is -2.80. The van der Waals surface area contributed by atoms with Crippen LogP contribution in [0.5, 0.6) is 0 Å². The molecule has 1 amide bonds. The van der Waals surface area contributed by atoms with Gasteiger partial charge in [-0.3, -0.25) is 4.79 Å². The minimum absolute atomic E-state index is 0.0782. The average Bonchev–Trinajstić information content (AvgIpc) is 3.14. The number of rotatable bonds is 5. The first-order chi connectivity index (χ1) is 13.6. The molecule has 29 heavy (non-hydrogen) atoms. The SMILES string of the molecule is CN(c1ccc(F)cc1)c1nc(CN(C(=O)C(C)(C)C)c2ccc(F)cc2)cs1. The smallest absolute Gasteiger partial charge is 0.232 e. The molecule has 0 bridgehead atoms. The minimum Gasteiger partial charge on any atom is -0.321 e. The summed E-state index contributed by atoms with van der Waals surface area (Å²) >= 11 is 1.44. The van der Waals surface area contributed by atoms with Crippen molar-refractivity contribution >= 4 is 33.8 Å². The zero-order valence-corrected chi connectivity index (χ0v) is 17.6. The predicted molar refractivity (Wildman–Crippen MR) is 114 cm³/mol. The Bertz CT molecular complexity index is 979. The van der Waals surface area contributed by atoms with E-state index in [-0.39, 0.29) is 24.1 Å². The lowest BCUT2D eigenvalue weighted by atomic mass is 9.94. The first kappa shape index (κ1) is 20.9. The van der Waals surface area contributed by atoms with Crippen LogP contribution in [0.3, 0.4) is 0 Å². The molecule has 0 N–H and O–H groups in total. The third-order valence-corrected chi connectivity index (χ3v) is 5.35.